The number of allylic oxidation sites excluding steroid dienone is 3. The van der Waals surface area contributed by atoms with E-state index in [0.29, 0.717) is 0 Å². The van der Waals surface area contributed by atoms with Crippen LogP contribution in [-0.4, -0.2) is 5.71 Å². The molecule has 0 heterocycles. The first-order chi connectivity index (χ1) is 5.09. The van der Waals surface area contributed by atoms with Crippen LogP contribution in [0.1, 0.15) is 34.6 Å². The summed E-state index contributed by atoms with van der Waals surface area (Å²) in [5.41, 5.74) is 3.71. The molecule has 0 aromatic carbocycles. The summed E-state index contributed by atoms with van der Waals surface area (Å²) in [5, 5.41) is 0. The maximum Gasteiger partial charge on any atom is 0.0400 e. The second kappa shape index (κ2) is 4.89. The van der Waals surface area contributed by atoms with E-state index in [1.807, 2.05) is 26.1 Å². The molecule has 0 unspecified atom stereocenters. The molecular weight excluding hydrogens is 134 g/mol. The standard InChI is InChI=1S/C10H17N/c1-6-7-11-10(5)9(4)8(2)3/h6-7H,1-5H3/b7-6-,11-10?. The molecule has 0 radical (unpaired) electrons. The summed E-state index contributed by atoms with van der Waals surface area (Å²) in [6.07, 6.45) is 3.75. The van der Waals surface area contributed by atoms with Crippen molar-refractivity contribution < 1.29 is 0 Å². The largest absolute Gasteiger partial charge is 0.262 e. The maximum atomic E-state index is 4.24. The smallest absolute Gasteiger partial charge is 0.0400 e. The monoisotopic (exact) mass is 151 g/mol. The highest BCUT2D eigenvalue weighted by atomic mass is 14.7. The third kappa shape index (κ3) is 3.76. The van der Waals surface area contributed by atoms with Gasteiger partial charge in [-0.05, 0) is 40.2 Å². The van der Waals surface area contributed by atoms with E-state index in [2.05, 4.69) is 25.8 Å². The zero-order valence-corrected chi connectivity index (χ0v) is 8.10. The molecule has 0 rings (SSSR count). The Balaban J connectivity index is 4.49. The first kappa shape index (κ1) is 10.2. The van der Waals surface area contributed by atoms with E-state index in [1.54, 1.807) is 0 Å². The van der Waals surface area contributed by atoms with Crippen LogP contribution in [0.4, 0.5) is 0 Å². The van der Waals surface area contributed by atoms with Gasteiger partial charge in [0.05, 0.1) is 0 Å². The van der Waals surface area contributed by atoms with Gasteiger partial charge < -0.3 is 0 Å². The van der Waals surface area contributed by atoms with E-state index in [-0.39, 0.29) is 0 Å². The molecule has 0 fully saturated rings. The molecule has 0 aromatic rings. The summed E-state index contributed by atoms with van der Waals surface area (Å²) in [5.74, 6) is 0. The van der Waals surface area contributed by atoms with E-state index in [0.717, 1.165) is 5.71 Å². The fraction of sp³-hybridized carbons (Fsp3) is 0.500. The lowest BCUT2D eigenvalue weighted by atomic mass is 10.1. The molecule has 0 saturated carbocycles. The summed E-state index contributed by atoms with van der Waals surface area (Å²) in [7, 11) is 0. The molecule has 0 bridgehead atoms. The van der Waals surface area contributed by atoms with Crippen molar-refractivity contribution in [1.82, 2.24) is 0 Å². The topological polar surface area (TPSA) is 12.4 Å². The number of nitrogens with zero attached hydrogens (tertiary/aromatic N) is 1. The Labute approximate surface area is 69.5 Å². The number of hydrogen-bond donors (Lipinski definition) is 0. The van der Waals surface area contributed by atoms with Gasteiger partial charge in [0, 0.05) is 11.9 Å². The molecule has 0 aliphatic heterocycles. The van der Waals surface area contributed by atoms with Crippen LogP contribution in [0, 0.1) is 0 Å². The number of aliphatic imine (C=N–C) groups is 1. The Bertz CT molecular complexity index is 203. The Morgan fingerprint density at radius 1 is 1.09 bits per heavy atom. The third-order valence-corrected chi connectivity index (χ3v) is 1.71. The second-order valence-corrected chi connectivity index (χ2v) is 2.82. The minimum atomic E-state index is 1.10. The van der Waals surface area contributed by atoms with Crippen LogP contribution in [0.5, 0.6) is 0 Å². The van der Waals surface area contributed by atoms with E-state index in [4.69, 9.17) is 0 Å². The summed E-state index contributed by atoms with van der Waals surface area (Å²) in [4.78, 5) is 4.24. The molecule has 0 amide bonds. The molecule has 0 N–H and O–H groups in total. The van der Waals surface area contributed by atoms with Crippen molar-refractivity contribution in [1.29, 1.82) is 0 Å². The lowest BCUT2D eigenvalue weighted by molar-refractivity contribution is 1.30. The lowest BCUT2D eigenvalue weighted by Gasteiger charge is -2.00. The van der Waals surface area contributed by atoms with Gasteiger partial charge in [0.1, 0.15) is 0 Å². The van der Waals surface area contributed by atoms with E-state index < -0.39 is 0 Å². The highest BCUT2D eigenvalue weighted by Gasteiger charge is 1.93. The molecular formula is C10H17N. The van der Waals surface area contributed by atoms with E-state index in [9.17, 15) is 0 Å². The molecule has 11 heavy (non-hydrogen) atoms. The summed E-state index contributed by atoms with van der Waals surface area (Å²) >= 11 is 0. The van der Waals surface area contributed by atoms with Crippen molar-refractivity contribution in [3.63, 3.8) is 0 Å². The molecule has 0 aliphatic carbocycles. The van der Waals surface area contributed by atoms with Crippen LogP contribution in [0.15, 0.2) is 28.4 Å². The molecule has 1 heteroatoms. The van der Waals surface area contributed by atoms with Crippen LogP contribution in [0.2, 0.25) is 0 Å². The Morgan fingerprint density at radius 3 is 2.00 bits per heavy atom. The third-order valence-electron chi connectivity index (χ3n) is 1.71. The van der Waals surface area contributed by atoms with Gasteiger partial charge in [-0.15, -0.1) is 0 Å². The first-order valence-corrected chi connectivity index (χ1v) is 3.89. The Morgan fingerprint density at radius 2 is 1.64 bits per heavy atom. The molecule has 62 valence electrons. The highest BCUT2D eigenvalue weighted by Crippen LogP contribution is 2.04. The van der Waals surface area contributed by atoms with Crippen LogP contribution < -0.4 is 0 Å². The van der Waals surface area contributed by atoms with Crippen LogP contribution >= 0.6 is 0 Å². The average molecular weight is 151 g/mol. The Kier molecular flexibility index (Phi) is 4.51. The van der Waals surface area contributed by atoms with E-state index >= 15 is 0 Å². The predicted molar refractivity (Wildman–Crippen MR) is 52.0 cm³/mol. The maximum absolute atomic E-state index is 4.24. The van der Waals surface area contributed by atoms with Crippen molar-refractivity contribution in [2.24, 2.45) is 4.99 Å². The highest BCUT2D eigenvalue weighted by molar-refractivity contribution is 5.98. The Hall–Kier alpha value is -0.850. The quantitative estimate of drug-likeness (QED) is 0.537. The van der Waals surface area contributed by atoms with Crippen LogP contribution in [0.25, 0.3) is 0 Å². The molecule has 0 spiro atoms. The first-order valence-electron chi connectivity index (χ1n) is 3.89. The second-order valence-electron chi connectivity index (χ2n) is 2.82. The minimum absolute atomic E-state index is 1.10. The van der Waals surface area contributed by atoms with Crippen molar-refractivity contribution in [3.05, 3.63) is 23.4 Å². The molecule has 0 aliphatic rings. The molecule has 0 aromatic heterocycles. The van der Waals surface area contributed by atoms with Gasteiger partial charge in [-0.25, -0.2) is 0 Å². The van der Waals surface area contributed by atoms with Crippen molar-refractivity contribution >= 4 is 5.71 Å². The zero-order chi connectivity index (χ0) is 8.85. The number of hydrogen-bond acceptors (Lipinski definition) is 1. The van der Waals surface area contributed by atoms with Crippen molar-refractivity contribution in [2.75, 3.05) is 0 Å². The van der Waals surface area contributed by atoms with Gasteiger partial charge in [-0.3, -0.25) is 4.99 Å². The van der Waals surface area contributed by atoms with Gasteiger partial charge in [0.2, 0.25) is 0 Å². The molecule has 1 nitrogen and oxygen atoms in total. The fourth-order valence-electron chi connectivity index (χ4n) is 0.645. The van der Waals surface area contributed by atoms with Crippen LogP contribution in [0.3, 0.4) is 0 Å². The minimum Gasteiger partial charge on any atom is -0.262 e. The van der Waals surface area contributed by atoms with Gasteiger partial charge in [-0.2, -0.15) is 0 Å². The SMILES string of the molecule is C/C=C\N=C(C)C(C)=C(C)C. The summed E-state index contributed by atoms with van der Waals surface area (Å²) < 4.78 is 0. The van der Waals surface area contributed by atoms with E-state index in [1.165, 1.54) is 11.1 Å². The number of rotatable bonds is 2. The molecule has 0 saturated heterocycles. The fourth-order valence-corrected chi connectivity index (χ4v) is 0.645. The zero-order valence-electron chi connectivity index (χ0n) is 8.10. The normalized spacial score (nSPS) is 12.3. The van der Waals surface area contributed by atoms with Crippen molar-refractivity contribution in [3.8, 4) is 0 Å². The molecule has 0 atom stereocenters. The lowest BCUT2D eigenvalue weighted by Crippen LogP contribution is -1.93. The summed E-state index contributed by atoms with van der Waals surface area (Å²) in [6, 6.07) is 0. The summed E-state index contributed by atoms with van der Waals surface area (Å²) in [6.45, 7) is 10.3. The predicted octanol–water partition coefficient (Wildman–Crippen LogP) is 3.34. The van der Waals surface area contributed by atoms with Gasteiger partial charge in [-0.1, -0.05) is 11.6 Å². The average Bonchev–Trinajstić information content (AvgIpc) is 1.98. The van der Waals surface area contributed by atoms with Crippen molar-refractivity contribution in [2.45, 2.75) is 34.6 Å². The van der Waals surface area contributed by atoms with Gasteiger partial charge in [0.25, 0.3) is 0 Å². The van der Waals surface area contributed by atoms with Gasteiger partial charge >= 0.3 is 0 Å². The van der Waals surface area contributed by atoms with Gasteiger partial charge in [0.15, 0.2) is 0 Å². The van der Waals surface area contributed by atoms with Crippen LogP contribution in [-0.2, 0) is 0 Å².